The number of hydrogen-bond donors (Lipinski definition) is 10. The lowest BCUT2D eigenvalue weighted by molar-refractivity contribution is -0.379. The number of nitrogens with zero attached hydrogens (tertiary/aromatic N) is 1. The zero-order valence-corrected chi connectivity index (χ0v) is 41.3. The van der Waals surface area contributed by atoms with Crippen LogP contribution in [0.2, 0.25) is 0 Å². The molecule has 1 aromatic carbocycles. The highest BCUT2D eigenvalue weighted by Gasteiger charge is 2.76. The number of amides is 1. The average molecular weight is 1060 g/mol. The van der Waals surface area contributed by atoms with Gasteiger partial charge in [-0.3, -0.25) is 14.5 Å². The molecule has 414 valence electrons. The number of likely N-dealkylation sites (tertiary alicyclic amines) is 1. The molecule has 2 saturated carbocycles. The van der Waals surface area contributed by atoms with E-state index in [1.165, 1.54) is 28.1 Å². The van der Waals surface area contributed by atoms with Crippen LogP contribution in [0, 0.1) is 5.92 Å². The van der Waals surface area contributed by atoms with Crippen LogP contribution in [0.1, 0.15) is 57.1 Å². The van der Waals surface area contributed by atoms with Crippen LogP contribution in [-0.4, -0.2) is 250 Å². The van der Waals surface area contributed by atoms with Crippen molar-refractivity contribution in [1.82, 2.24) is 10.2 Å². The maximum atomic E-state index is 14.7. The van der Waals surface area contributed by atoms with Crippen LogP contribution in [0.25, 0.3) is 0 Å². The summed E-state index contributed by atoms with van der Waals surface area (Å²) in [5, 5.41) is 99.7. The minimum Gasteiger partial charge on any atom is -0.504 e. The average Bonchev–Trinajstić information content (AvgIpc) is 4.11. The third-order valence-electron chi connectivity index (χ3n) is 16.0. The number of esters is 1. The third kappa shape index (κ3) is 9.81. The number of aliphatic carboxylic acids is 1. The van der Waals surface area contributed by atoms with Gasteiger partial charge in [0.15, 0.2) is 42.3 Å². The minimum absolute atomic E-state index is 0.0545. The maximum absolute atomic E-state index is 14.7. The van der Waals surface area contributed by atoms with Crippen molar-refractivity contribution in [2.24, 2.45) is 5.92 Å². The first-order valence-electron chi connectivity index (χ1n) is 24.9. The van der Waals surface area contributed by atoms with Gasteiger partial charge in [-0.2, -0.15) is 0 Å². The molecule has 26 heteroatoms. The van der Waals surface area contributed by atoms with E-state index in [1.807, 2.05) is 6.07 Å². The largest absolute Gasteiger partial charge is 0.504 e. The van der Waals surface area contributed by atoms with Crippen molar-refractivity contribution in [3.05, 3.63) is 23.3 Å². The molecular formula is C48H68N2O24. The molecule has 9 rings (SSSR count). The Morgan fingerprint density at radius 3 is 1.99 bits per heavy atom. The molecule has 19 atom stereocenters. The van der Waals surface area contributed by atoms with Crippen LogP contribution in [0.4, 0.5) is 0 Å². The lowest BCUT2D eigenvalue weighted by Crippen LogP contribution is -2.78. The van der Waals surface area contributed by atoms with Crippen LogP contribution in [0.15, 0.2) is 12.1 Å². The van der Waals surface area contributed by atoms with Gasteiger partial charge in [0.2, 0.25) is 5.91 Å². The highest BCUT2D eigenvalue weighted by molar-refractivity contribution is 5.92. The first kappa shape index (κ1) is 55.0. The van der Waals surface area contributed by atoms with Crippen LogP contribution in [0.3, 0.4) is 0 Å². The van der Waals surface area contributed by atoms with E-state index in [0.717, 1.165) is 24.9 Å². The summed E-state index contributed by atoms with van der Waals surface area (Å²) in [7, 11) is 2.39. The van der Waals surface area contributed by atoms with E-state index in [9.17, 15) is 60.0 Å². The van der Waals surface area contributed by atoms with Crippen molar-refractivity contribution >= 4 is 23.6 Å². The van der Waals surface area contributed by atoms with E-state index in [0.29, 0.717) is 30.9 Å². The number of phenols is 1. The summed E-state index contributed by atoms with van der Waals surface area (Å²) in [6.07, 6.45) is -22.9. The van der Waals surface area contributed by atoms with Crippen molar-refractivity contribution in [2.75, 3.05) is 60.3 Å². The van der Waals surface area contributed by atoms with Gasteiger partial charge >= 0.3 is 11.9 Å². The summed E-state index contributed by atoms with van der Waals surface area (Å²) in [6, 6.07) is 3.05. The Kier molecular flexibility index (Phi) is 16.0. The minimum atomic E-state index is -2.06. The van der Waals surface area contributed by atoms with Gasteiger partial charge in [-0.1, -0.05) is 6.07 Å². The van der Waals surface area contributed by atoms with Gasteiger partial charge in [0.1, 0.15) is 97.6 Å². The van der Waals surface area contributed by atoms with Crippen molar-refractivity contribution in [2.45, 2.75) is 173 Å². The van der Waals surface area contributed by atoms with E-state index >= 15 is 0 Å². The second kappa shape index (κ2) is 21.6. The number of nitrogens with one attached hydrogen (secondary N) is 1. The Bertz CT molecular complexity index is 2230. The van der Waals surface area contributed by atoms with E-state index in [2.05, 4.69) is 10.2 Å². The molecule has 4 saturated heterocycles. The number of ether oxygens (including phenoxy) is 11. The number of carbonyl (C=O) groups is 4. The number of hydrogen-bond acceptors (Lipinski definition) is 24. The lowest BCUT2D eigenvalue weighted by Gasteiger charge is -2.64. The molecule has 8 aliphatic rings. The molecule has 6 fully saturated rings. The highest BCUT2D eigenvalue weighted by atomic mass is 16.8. The van der Waals surface area contributed by atoms with E-state index in [4.69, 9.17) is 57.2 Å². The van der Waals surface area contributed by atoms with Crippen molar-refractivity contribution in [1.29, 1.82) is 0 Å². The molecule has 74 heavy (non-hydrogen) atoms. The number of aromatic hydroxyl groups is 1. The van der Waals surface area contributed by atoms with Gasteiger partial charge < -0.3 is 103 Å². The van der Waals surface area contributed by atoms with E-state index in [1.54, 1.807) is 6.07 Å². The standard InChI is InChI=1S/C48H68N2O24/c1-46(2,45(63)74-48-10-9-23(53)41-47(48)11-12-50(14-20-5-6-20)27(48)13-21-7-8-22(52)37(71-41)30(21)47)49-28(54)18-66-16-26-40(72-43-35(61)31(57)38(64-3)24(15-51)68-43)33(59)36(62)44(70-26)73-39-25(17-67-19-29(55)56)69-42(65-4)34(60)32(39)58/h7-8,20,24-27,31-36,38-44,51-52,57-62H,5-6,9-19H2,1-4H3,(H,49,54)(H,55,56)/t24?,25?,26?,27-,31?,32?,33?,34?,35?,36?,38?,39?,40?,41+,42?,43?,44?,47+,48-/m1/s1. The van der Waals surface area contributed by atoms with E-state index in [-0.39, 0.29) is 36.2 Å². The molecule has 1 aromatic rings. The predicted molar refractivity (Wildman–Crippen MR) is 242 cm³/mol. The summed E-state index contributed by atoms with van der Waals surface area (Å²) in [6.45, 7) is 0.828. The summed E-state index contributed by atoms with van der Waals surface area (Å²) in [5.41, 5.74) is -2.51. The number of ketones is 1. The van der Waals surface area contributed by atoms with Gasteiger partial charge in [-0.15, -0.1) is 0 Å². The van der Waals surface area contributed by atoms with Gasteiger partial charge in [0, 0.05) is 32.7 Å². The molecule has 3 aliphatic carbocycles. The number of rotatable bonds is 20. The van der Waals surface area contributed by atoms with Crippen LogP contribution >= 0.6 is 0 Å². The molecule has 1 amide bonds. The number of aliphatic hydroxyl groups excluding tert-OH is 7. The van der Waals surface area contributed by atoms with Crippen LogP contribution < -0.4 is 10.1 Å². The number of Topliss-reactive ketones (excluding diaryl/α,β-unsaturated/α-hetero) is 1. The molecule has 10 N–H and O–H groups in total. The number of carboxylic acids is 1. The zero-order valence-electron chi connectivity index (χ0n) is 41.3. The number of aliphatic hydroxyl groups is 7. The summed E-state index contributed by atoms with van der Waals surface area (Å²) in [5.74, 6) is -2.53. The second-order valence-corrected chi connectivity index (χ2v) is 21.1. The highest BCUT2D eigenvalue weighted by Crippen LogP contribution is 2.66. The fourth-order valence-corrected chi connectivity index (χ4v) is 12.2. The van der Waals surface area contributed by atoms with Gasteiger partial charge in [-0.25, -0.2) is 9.59 Å². The van der Waals surface area contributed by atoms with Gasteiger partial charge in [-0.05, 0) is 70.0 Å². The Balaban J connectivity index is 0.918. The molecule has 0 radical (unpaired) electrons. The first-order valence-corrected chi connectivity index (χ1v) is 24.9. The Labute approximate surface area is 424 Å². The third-order valence-corrected chi connectivity index (χ3v) is 16.0. The molecule has 26 nitrogen and oxygen atoms in total. The van der Waals surface area contributed by atoms with Crippen molar-refractivity contribution in [3.8, 4) is 11.5 Å². The molecule has 1 spiro atoms. The van der Waals surface area contributed by atoms with Crippen LogP contribution in [-0.2, 0) is 78.4 Å². The Morgan fingerprint density at radius 1 is 0.797 bits per heavy atom. The van der Waals surface area contributed by atoms with Gasteiger partial charge in [0.05, 0.1) is 31.3 Å². The van der Waals surface area contributed by atoms with Crippen molar-refractivity contribution < 1.29 is 117 Å². The molecular weight excluding hydrogens is 989 g/mol. The number of carbonyl (C=O) groups excluding carboxylic acids is 3. The SMILES string of the molecule is COC1OC(COCC(=O)O)C(OC2OC(COCC(=O)NC(C)(C)C(=O)O[C@@]34CCC(=O)[C@@H]5Oc6c(O)ccc7c6[C@@]53CCN(CC3CC3)[C@@H]4C7)C(OC3OC(CO)C(OC)C(O)C3O)C(O)C2O)C(O)C1O. The number of piperidine rings is 1. The lowest BCUT2D eigenvalue weighted by atomic mass is 9.48. The summed E-state index contributed by atoms with van der Waals surface area (Å²) >= 11 is 0. The molecule has 5 aliphatic heterocycles. The normalized spacial score (nSPS) is 40.7. The Morgan fingerprint density at radius 2 is 1.39 bits per heavy atom. The monoisotopic (exact) mass is 1060 g/mol. The number of benzene rings is 1. The topological polar surface area (TPSA) is 367 Å². The predicted octanol–water partition coefficient (Wildman–Crippen LogP) is -4.15. The summed E-state index contributed by atoms with van der Waals surface area (Å²) < 4.78 is 63.7. The first-order chi connectivity index (χ1) is 35.2. The fourth-order valence-electron chi connectivity index (χ4n) is 12.2. The maximum Gasteiger partial charge on any atom is 0.331 e. The van der Waals surface area contributed by atoms with Gasteiger partial charge in [0.25, 0.3) is 0 Å². The smallest absolute Gasteiger partial charge is 0.331 e. The molecule has 2 bridgehead atoms. The zero-order chi connectivity index (χ0) is 53.2. The van der Waals surface area contributed by atoms with Crippen LogP contribution in [0.5, 0.6) is 11.5 Å². The number of methoxy groups -OCH3 is 2. The second-order valence-electron chi connectivity index (χ2n) is 21.1. The fraction of sp³-hybridized carbons (Fsp3) is 0.792. The molecule has 5 heterocycles. The number of phenolic OH excluding ortho intramolecular Hbond substituents is 1. The molecule has 15 unspecified atom stereocenters. The quantitative estimate of drug-likeness (QED) is 0.0554. The summed E-state index contributed by atoms with van der Waals surface area (Å²) in [4.78, 5) is 55.8. The number of carboxylic acid groups (broad SMARTS) is 1. The Hall–Kier alpha value is -3.78. The van der Waals surface area contributed by atoms with Crippen molar-refractivity contribution in [3.63, 3.8) is 0 Å². The molecule has 0 aromatic heterocycles. The van der Waals surface area contributed by atoms with E-state index < -0.39 is 166 Å².